The van der Waals surface area contributed by atoms with Crippen molar-refractivity contribution in [3.63, 3.8) is 0 Å². The number of nitrogens with zero attached hydrogens (tertiary/aromatic N) is 1. The van der Waals surface area contributed by atoms with E-state index in [4.69, 9.17) is 17.3 Å². The van der Waals surface area contributed by atoms with E-state index in [2.05, 4.69) is 6.92 Å². The zero-order valence-electron chi connectivity index (χ0n) is 12.8. The fraction of sp³-hybridized carbons (Fsp3) is 0.438. The summed E-state index contributed by atoms with van der Waals surface area (Å²) in [5.41, 5.74) is 8.06. The Balaban J connectivity index is 0.000000388. The van der Waals surface area contributed by atoms with Crippen molar-refractivity contribution in [1.82, 2.24) is 4.90 Å². The summed E-state index contributed by atoms with van der Waals surface area (Å²) in [6.45, 7) is 3.85. The van der Waals surface area contributed by atoms with Gasteiger partial charge in [0, 0.05) is 31.2 Å². The van der Waals surface area contributed by atoms with Gasteiger partial charge in [0.1, 0.15) is 0 Å². The van der Waals surface area contributed by atoms with Crippen LogP contribution in [0, 0.1) is 0 Å². The van der Waals surface area contributed by atoms with Crippen molar-refractivity contribution in [2.24, 2.45) is 5.73 Å². The molecule has 2 N–H and O–H groups in total. The lowest BCUT2D eigenvalue weighted by Crippen LogP contribution is -2.20. The van der Waals surface area contributed by atoms with E-state index in [9.17, 15) is 4.79 Å². The van der Waals surface area contributed by atoms with Gasteiger partial charge in [-0.2, -0.15) is 0 Å². The lowest BCUT2D eigenvalue weighted by Gasteiger charge is -2.18. The van der Waals surface area contributed by atoms with Gasteiger partial charge < -0.3 is 10.6 Å². The summed E-state index contributed by atoms with van der Waals surface area (Å²) in [5.74, 6) is 0.285. The van der Waals surface area contributed by atoms with Crippen LogP contribution in [0.5, 0.6) is 0 Å². The van der Waals surface area contributed by atoms with Gasteiger partial charge in [-0.25, -0.2) is 0 Å². The normalized spacial score (nSPS) is 11.1. The Morgan fingerprint density at radius 2 is 1.80 bits per heavy atom. The fourth-order valence-electron chi connectivity index (χ4n) is 1.69. The number of nitrogens with two attached hydrogens (primary N) is 1. The van der Waals surface area contributed by atoms with E-state index in [0.717, 1.165) is 18.5 Å². The first-order valence-electron chi connectivity index (χ1n) is 6.70. The van der Waals surface area contributed by atoms with Crippen LogP contribution in [0.4, 0.5) is 0 Å². The van der Waals surface area contributed by atoms with Gasteiger partial charge in [-0.1, -0.05) is 43.7 Å². The predicted molar refractivity (Wildman–Crippen MR) is 86.5 cm³/mol. The summed E-state index contributed by atoms with van der Waals surface area (Å²) < 4.78 is 0. The largest absolute Gasteiger partial charge is 0.381 e. The average Bonchev–Trinajstić information content (AvgIpc) is 2.45. The van der Waals surface area contributed by atoms with Crippen LogP contribution in [0.3, 0.4) is 0 Å². The molecule has 0 aliphatic heterocycles. The summed E-state index contributed by atoms with van der Waals surface area (Å²) in [7, 11) is 3.86. The second-order valence-corrected chi connectivity index (χ2v) is 4.97. The summed E-state index contributed by atoms with van der Waals surface area (Å²) >= 11 is 5.53. The molecule has 0 aromatic heterocycles. The molecule has 1 aromatic rings. The molecule has 0 aliphatic rings. The van der Waals surface area contributed by atoms with Crippen molar-refractivity contribution in [3.05, 3.63) is 47.2 Å². The Morgan fingerprint density at radius 1 is 1.25 bits per heavy atom. The van der Waals surface area contributed by atoms with Gasteiger partial charge in [-0.3, -0.25) is 4.79 Å². The summed E-state index contributed by atoms with van der Waals surface area (Å²) in [4.78, 5) is 12.8. The van der Waals surface area contributed by atoms with Crippen LogP contribution >= 0.6 is 11.6 Å². The number of rotatable bonds is 5. The van der Waals surface area contributed by atoms with E-state index >= 15 is 0 Å². The third-order valence-corrected chi connectivity index (χ3v) is 3.13. The van der Waals surface area contributed by atoms with E-state index in [-0.39, 0.29) is 5.91 Å². The van der Waals surface area contributed by atoms with Crippen molar-refractivity contribution < 1.29 is 4.79 Å². The number of benzene rings is 1. The molecule has 0 bridgehead atoms. The van der Waals surface area contributed by atoms with Crippen LogP contribution in [0.25, 0.3) is 0 Å². The molecule has 1 amide bonds. The number of amides is 1. The molecule has 112 valence electrons. The number of carbonyl (C=O) groups excluding carboxylic acids is 1. The molecular formula is C16H25ClN2O. The van der Waals surface area contributed by atoms with E-state index in [1.165, 1.54) is 5.56 Å². The second-order valence-electron chi connectivity index (χ2n) is 4.70. The highest BCUT2D eigenvalue weighted by Gasteiger charge is 2.07. The highest BCUT2D eigenvalue weighted by atomic mass is 35.5. The van der Waals surface area contributed by atoms with Crippen LogP contribution in [0.1, 0.15) is 32.3 Å². The second kappa shape index (κ2) is 10.3. The lowest BCUT2D eigenvalue weighted by molar-refractivity contribution is -0.114. The number of halogens is 1. The zero-order valence-corrected chi connectivity index (χ0v) is 13.6. The fourth-order valence-corrected chi connectivity index (χ4v) is 1.87. The minimum Gasteiger partial charge on any atom is -0.381 e. The van der Waals surface area contributed by atoms with E-state index in [1.807, 2.05) is 49.3 Å². The summed E-state index contributed by atoms with van der Waals surface area (Å²) in [5, 5.41) is 0. The lowest BCUT2D eigenvalue weighted by atomic mass is 10.1. The molecular weight excluding hydrogens is 272 g/mol. The monoisotopic (exact) mass is 296 g/mol. The molecule has 0 radical (unpaired) electrons. The number of carbonyl (C=O) groups is 1. The summed E-state index contributed by atoms with van der Waals surface area (Å²) in [6, 6.07) is 9.96. The van der Waals surface area contributed by atoms with E-state index in [0.29, 0.717) is 11.5 Å². The standard InChI is InChI=1S/C9H18N2O.C7H7Cl/c1-5-6-8(11(3)4)7(2)9(10)12;8-6-7-4-2-1-3-5-7/h5-6H2,1-4H3,(H2,10,12);1-5H,6H2/b8-7+;. The van der Waals surface area contributed by atoms with Crippen LogP contribution in [-0.4, -0.2) is 24.9 Å². The molecule has 0 aliphatic carbocycles. The molecule has 1 rings (SSSR count). The highest BCUT2D eigenvalue weighted by molar-refractivity contribution is 6.17. The molecule has 0 fully saturated rings. The van der Waals surface area contributed by atoms with Gasteiger partial charge in [0.25, 0.3) is 0 Å². The minimum absolute atomic E-state index is 0.327. The molecule has 0 unspecified atom stereocenters. The Kier molecular flexibility index (Phi) is 9.56. The number of hydrogen-bond donors (Lipinski definition) is 1. The molecule has 0 atom stereocenters. The number of primary amides is 1. The van der Waals surface area contributed by atoms with Gasteiger partial charge in [-0.15, -0.1) is 11.6 Å². The van der Waals surface area contributed by atoms with Crippen LogP contribution < -0.4 is 5.73 Å². The smallest absolute Gasteiger partial charge is 0.246 e. The van der Waals surface area contributed by atoms with Crippen molar-refractivity contribution >= 4 is 17.5 Å². The maximum atomic E-state index is 10.9. The molecule has 0 saturated heterocycles. The predicted octanol–water partition coefficient (Wildman–Crippen LogP) is 3.53. The van der Waals surface area contributed by atoms with E-state index < -0.39 is 0 Å². The van der Waals surface area contributed by atoms with Gasteiger partial charge in [0.15, 0.2) is 0 Å². The molecule has 20 heavy (non-hydrogen) atoms. The minimum atomic E-state index is -0.327. The maximum absolute atomic E-state index is 10.9. The molecule has 1 aromatic carbocycles. The van der Waals surface area contributed by atoms with Crippen molar-refractivity contribution in [2.75, 3.05) is 14.1 Å². The first kappa shape index (κ1) is 18.5. The van der Waals surface area contributed by atoms with Gasteiger partial charge in [-0.05, 0) is 18.9 Å². The Hall–Kier alpha value is -1.48. The Labute approximate surface area is 127 Å². The van der Waals surface area contributed by atoms with Gasteiger partial charge in [0.05, 0.1) is 0 Å². The Bertz CT molecular complexity index is 427. The molecule has 4 heteroatoms. The van der Waals surface area contributed by atoms with Crippen molar-refractivity contribution in [2.45, 2.75) is 32.6 Å². The van der Waals surface area contributed by atoms with Crippen molar-refractivity contribution in [1.29, 1.82) is 0 Å². The van der Waals surface area contributed by atoms with Gasteiger partial charge >= 0.3 is 0 Å². The first-order chi connectivity index (χ1) is 9.43. The molecule has 0 heterocycles. The highest BCUT2D eigenvalue weighted by Crippen LogP contribution is 2.12. The number of allylic oxidation sites excluding steroid dienone is 1. The number of hydrogen-bond acceptors (Lipinski definition) is 2. The maximum Gasteiger partial charge on any atom is 0.246 e. The topological polar surface area (TPSA) is 46.3 Å². The SMILES string of the molecule is CCC/C(=C(/C)C(N)=O)N(C)C.ClCc1ccccc1. The van der Waals surface area contributed by atoms with Gasteiger partial charge in [0.2, 0.25) is 5.91 Å². The van der Waals surface area contributed by atoms with Crippen molar-refractivity contribution in [3.8, 4) is 0 Å². The average molecular weight is 297 g/mol. The Morgan fingerprint density at radius 3 is 2.10 bits per heavy atom. The molecule has 3 nitrogen and oxygen atoms in total. The van der Waals surface area contributed by atoms with Crippen LogP contribution in [0.2, 0.25) is 0 Å². The zero-order chi connectivity index (χ0) is 15.5. The first-order valence-corrected chi connectivity index (χ1v) is 7.24. The summed E-state index contributed by atoms with van der Waals surface area (Å²) in [6.07, 6.45) is 1.93. The molecule has 0 spiro atoms. The quantitative estimate of drug-likeness (QED) is 0.667. The van der Waals surface area contributed by atoms with E-state index in [1.54, 1.807) is 6.92 Å². The molecule has 0 saturated carbocycles. The van der Waals surface area contributed by atoms with Crippen LogP contribution in [0.15, 0.2) is 41.6 Å². The third-order valence-electron chi connectivity index (χ3n) is 2.83. The number of alkyl halides is 1. The van der Waals surface area contributed by atoms with Crippen LogP contribution in [-0.2, 0) is 10.7 Å². The third kappa shape index (κ3) is 7.19.